The van der Waals surface area contributed by atoms with Gasteiger partial charge in [-0.25, -0.2) is 34.0 Å². The van der Waals surface area contributed by atoms with Crippen molar-refractivity contribution in [2.24, 2.45) is 0 Å². The van der Waals surface area contributed by atoms with E-state index in [1.807, 2.05) is 0 Å². The molecule has 1 unspecified atom stereocenters. The highest BCUT2D eigenvalue weighted by molar-refractivity contribution is 7.77. The fourth-order valence-electron chi connectivity index (χ4n) is 4.13. The van der Waals surface area contributed by atoms with Crippen LogP contribution in [0.4, 0.5) is 16.2 Å². The predicted molar refractivity (Wildman–Crippen MR) is 136 cm³/mol. The van der Waals surface area contributed by atoms with Crippen molar-refractivity contribution in [3.8, 4) is 22.6 Å². The van der Waals surface area contributed by atoms with Gasteiger partial charge in [-0.15, -0.1) is 0 Å². The van der Waals surface area contributed by atoms with Gasteiger partial charge in [-0.1, -0.05) is 12.1 Å². The van der Waals surface area contributed by atoms with Gasteiger partial charge in [-0.2, -0.15) is 0 Å². The third-order valence-corrected chi connectivity index (χ3v) is 6.40. The zero-order valence-electron chi connectivity index (χ0n) is 19.8. The van der Waals surface area contributed by atoms with E-state index in [2.05, 4.69) is 24.6 Å². The standard InChI is InChI=1S/C24H25FN8O3S/c25-20-15(4-2-8-29-37(34)35)3-1-5-17(20)18-6-7-19-21(30-18)23(33-9-11-36-12-10-33)32-22(31-19)16-13-27-24(26)28-14-16/h1,3,5-7,13-14,29H,2,4,8-12H2,(H,34,35)(H2,26,27,28)/p-1. The fourth-order valence-corrected chi connectivity index (χ4v) is 4.44. The van der Waals surface area contributed by atoms with Gasteiger partial charge in [-0.05, 0) is 36.6 Å². The number of nitrogens with two attached hydrogens (primary N) is 1. The van der Waals surface area contributed by atoms with Crippen LogP contribution >= 0.6 is 0 Å². The Morgan fingerprint density at radius 3 is 2.65 bits per heavy atom. The number of rotatable bonds is 8. The number of fused-ring (bicyclic) bond motifs is 1. The smallest absolute Gasteiger partial charge is 0.219 e. The highest BCUT2D eigenvalue weighted by Crippen LogP contribution is 2.31. The molecule has 4 heterocycles. The van der Waals surface area contributed by atoms with Crippen LogP contribution in [-0.4, -0.2) is 66.5 Å². The molecule has 0 amide bonds. The van der Waals surface area contributed by atoms with Crippen molar-refractivity contribution in [1.82, 2.24) is 29.6 Å². The molecular weight excluding hydrogens is 499 g/mol. The number of nitrogen functional groups attached to an aromatic ring is 1. The first-order valence-corrected chi connectivity index (χ1v) is 12.8. The van der Waals surface area contributed by atoms with Gasteiger partial charge in [0.2, 0.25) is 5.95 Å². The Labute approximate surface area is 214 Å². The van der Waals surface area contributed by atoms with E-state index in [4.69, 9.17) is 20.4 Å². The lowest BCUT2D eigenvalue weighted by Crippen LogP contribution is -2.37. The maximum Gasteiger partial charge on any atom is 0.219 e. The van der Waals surface area contributed by atoms with Crippen LogP contribution in [0.2, 0.25) is 0 Å². The number of morpholine rings is 1. The van der Waals surface area contributed by atoms with Crippen LogP contribution in [0.5, 0.6) is 0 Å². The van der Waals surface area contributed by atoms with Gasteiger partial charge in [0.25, 0.3) is 0 Å². The molecule has 0 aliphatic carbocycles. The van der Waals surface area contributed by atoms with E-state index in [0.29, 0.717) is 84.2 Å². The average molecular weight is 524 g/mol. The maximum atomic E-state index is 15.5. The first kappa shape index (κ1) is 25.0. The van der Waals surface area contributed by atoms with Gasteiger partial charge >= 0.3 is 0 Å². The molecule has 37 heavy (non-hydrogen) atoms. The van der Waals surface area contributed by atoms with Crippen LogP contribution in [-0.2, 0) is 22.4 Å². The number of aryl methyl sites for hydroxylation is 1. The van der Waals surface area contributed by atoms with Crippen LogP contribution in [0.15, 0.2) is 42.7 Å². The Morgan fingerprint density at radius 2 is 1.89 bits per heavy atom. The number of nitrogens with one attached hydrogen (secondary N) is 1. The predicted octanol–water partition coefficient (Wildman–Crippen LogP) is 2.02. The molecule has 11 nitrogen and oxygen atoms in total. The van der Waals surface area contributed by atoms with Gasteiger partial charge in [0, 0.05) is 48.9 Å². The van der Waals surface area contributed by atoms with Crippen molar-refractivity contribution < 1.29 is 17.9 Å². The van der Waals surface area contributed by atoms with Crippen molar-refractivity contribution in [2.75, 3.05) is 43.5 Å². The molecule has 13 heteroatoms. The number of hydrogen-bond donors (Lipinski definition) is 2. The molecule has 5 rings (SSSR count). The van der Waals surface area contributed by atoms with Crippen molar-refractivity contribution in [2.45, 2.75) is 12.8 Å². The van der Waals surface area contributed by atoms with Crippen LogP contribution in [0.1, 0.15) is 12.0 Å². The van der Waals surface area contributed by atoms with Gasteiger partial charge in [0.1, 0.15) is 11.3 Å². The molecule has 3 aromatic heterocycles. The quantitative estimate of drug-likeness (QED) is 0.259. The minimum Gasteiger partial charge on any atom is -0.760 e. The van der Waals surface area contributed by atoms with Gasteiger partial charge in [0.05, 0.1) is 30.0 Å². The SMILES string of the molecule is Nc1ncc(-c2nc(N3CCOCC3)c3nc(-c4cccc(CCCNS(=O)[O-])c4F)ccc3n2)cn1. The second-order valence-electron chi connectivity index (χ2n) is 8.38. The molecule has 0 radical (unpaired) electrons. The summed E-state index contributed by atoms with van der Waals surface area (Å²) in [5, 5.41) is 0. The summed E-state index contributed by atoms with van der Waals surface area (Å²) in [6.45, 7) is 2.59. The Morgan fingerprint density at radius 1 is 1.11 bits per heavy atom. The number of hydrogen-bond acceptors (Lipinski definition) is 10. The molecule has 3 N–H and O–H groups in total. The lowest BCUT2D eigenvalue weighted by molar-refractivity contribution is 0.122. The maximum absolute atomic E-state index is 15.5. The first-order valence-electron chi connectivity index (χ1n) is 11.7. The van der Waals surface area contributed by atoms with Gasteiger partial charge < -0.3 is 19.9 Å². The molecule has 1 atom stereocenters. The largest absolute Gasteiger partial charge is 0.760 e. The van der Waals surface area contributed by atoms with Crippen molar-refractivity contribution in [3.05, 3.63) is 54.1 Å². The minimum absolute atomic E-state index is 0.158. The summed E-state index contributed by atoms with van der Waals surface area (Å²) in [7, 11) is 0. The lowest BCUT2D eigenvalue weighted by Gasteiger charge is -2.28. The van der Waals surface area contributed by atoms with Crippen LogP contribution in [0, 0.1) is 5.82 Å². The molecule has 192 valence electrons. The van der Waals surface area contributed by atoms with Gasteiger partial charge in [-0.3, -0.25) is 4.21 Å². The van der Waals surface area contributed by atoms with Crippen LogP contribution in [0.3, 0.4) is 0 Å². The fraction of sp³-hybridized carbons (Fsp3) is 0.292. The van der Waals surface area contributed by atoms with Gasteiger partial charge in [0.15, 0.2) is 11.6 Å². The van der Waals surface area contributed by atoms with Crippen molar-refractivity contribution in [1.29, 1.82) is 0 Å². The zero-order valence-corrected chi connectivity index (χ0v) is 20.6. The summed E-state index contributed by atoms with van der Waals surface area (Å²) in [6, 6.07) is 8.66. The third kappa shape index (κ3) is 5.69. The summed E-state index contributed by atoms with van der Waals surface area (Å²) in [5.41, 5.74) is 8.68. The van der Waals surface area contributed by atoms with E-state index in [-0.39, 0.29) is 18.3 Å². The van der Waals surface area contributed by atoms with E-state index in [9.17, 15) is 8.76 Å². The number of aromatic nitrogens is 5. The third-order valence-electron chi connectivity index (χ3n) is 5.96. The number of benzene rings is 1. The summed E-state index contributed by atoms with van der Waals surface area (Å²) < 4.78 is 44.6. The minimum atomic E-state index is -2.34. The summed E-state index contributed by atoms with van der Waals surface area (Å²) in [6.07, 6.45) is 3.98. The molecule has 4 aromatic rings. The second-order valence-corrected chi connectivity index (χ2v) is 9.13. The average Bonchev–Trinajstić information content (AvgIpc) is 2.92. The summed E-state index contributed by atoms with van der Waals surface area (Å²) in [5.74, 6) is 0.826. The van der Waals surface area contributed by atoms with E-state index in [1.54, 1.807) is 42.7 Å². The van der Waals surface area contributed by atoms with E-state index in [0.717, 1.165) is 0 Å². The Kier molecular flexibility index (Phi) is 7.55. The molecular formula is C24H24FN8O3S-. The summed E-state index contributed by atoms with van der Waals surface area (Å²) in [4.78, 5) is 24.4. The molecule has 0 saturated carbocycles. The zero-order chi connectivity index (χ0) is 25.8. The van der Waals surface area contributed by atoms with Crippen molar-refractivity contribution >= 4 is 34.1 Å². The van der Waals surface area contributed by atoms with E-state index >= 15 is 4.39 Å². The normalized spacial score (nSPS) is 14.7. The molecule has 1 aliphatic rings. The highest BCUT2D eigenvalue weighted by Gasteiger charge is 2.21. The highest BCUT2D eigenvalue weighted by atomic mass is 32.2. The molecule has 1 aromatic carbocycles. The number of halogens is 1. The summed E-state index contributed by atoms with van der Waals surface area (Å²) >= 11 is -2.34. The van der Waals surface area contributed by atoms with E-state index < -0.39 is 11.3 Å². The van der Waals surface area contributed by atoms with Crippen LogP contribution in [0.25, 0.3) is 33.7 Å². The Balaban J connectivity index is 1.54. The first-order chi connectivity index (χ1) is 18.0. The number of ether oxygens (including phenoxy) is 1. The molecule has 1 fully saturated rings. The number of pyridine rings is 1. The molecule has 1 saturated heterocycles. The molecule has 0 spiro atoms. The van der Waals surface area contributed by atoms with E-state index in [1.165, 1.54) is 0 Å². The monoisotopic (exact) mass is 523 g/mol. The topological polar surface area (TPSA) is 155 Å². The Hall–Kier alpha value is -3.65. The Bertz CT molecular complexity index is 1430. The second kappa shape index (κ2) is 11.2. The van der Waals surface area contributed by atoms with Crippen molar-refractivity contribution in [3.63, 3.8) is 0 Å². The molecule has 0 bridgehead atoms. The number of nitrogens with zero attached hydrogens (tertiary/aromatic N) is 6. The lowest BCUT2D eigenvalue weighted by atomic mass is 10.0. The number of anilines is 2. The van der Waals surface area contributed by atoms with Crippen LogP contribution < -0.4 is 15.4 Å². The molecule has 1 aliphatic heterocycles.